The Morgan fingerprint density at radius 2 is 1.71 bits per heavy atom. The fourth-order valence-corrected chi connectivity index (χ4v) is 6.73. The molecule has 0 spiro atoms. The second-order valence-corrected chi connectivity index (χ2v) is 13.8. The van der Waals surface area contributed by atoms with Gasteiger partial charge < -0.3 is 14.7 Å². The largest absolute Gasteiger partial charge is 0.405 e. The van der Waals surface area contributed by atoms with Gasteiger partial charge in [0.05, 0.1) is 28.2 Å². The number of anilines is 2. The first-order valence-corrected chi connectivity index (χ1v) is 16.1. The number of carbonyl (C=O) groups excluding carboxylic acids is 1. The Bertz CT molecular complexity index is 1840. The van der Waals surface area contributed by atoms with E-state index in [2.05, 4.69) is 15.5 Å². The van der Waals surface area contributed by atoms with Crippen LogP contribution in [0.3, 0.4) is 0 Å². The minimum atomic E-state index is -4.65. The fraction of sp³-hybridized carbons (Fsp3) is 0.300. The number of halogens is 6. The predicted molar refractivity (Wildman–Crippen MR) is 162 cm³/mol. The summed E-state index contributed by atoms with van der Waals surface area (Å²) in [7, 11) is -3.56. The van der Waals surface area contributed by atoms with Crippen molar-refractivity contribution in [3.63, 3.8) is 0 Å². The van der Waals surface area contributed by atoms with E-state index < -0.39 is 46.2 Å². The van der Waals surface area contributed by atoms with Crippen molar-refractivity contribution in [2.45, 2.75) is 43.2 Å². The van der Waals surface area contributed by atoms with Crippen molar-refractivity contribution in [3.05, 3.63) is 87.4 Å². The molecule has 1 N–H and O–H groups in total. The van der Waals surface area contributed by atoms with Crippen molar-refractivity contribution in [1.29, 1.82) is 0 Å². The summed E-state index contributed by atoms with van der Waals surface area (Å²) in [4.78, 5) is 18.1. The standard InChI is InChI=1S/C30H26Cl2F4N4O4S/c1-3-45(42,43)20-7-5-19(6-8-20)40(16-30(34,35)36)15-25(41)37-18-13-22(31)26(23(32)14-18)29(10-11-29)28-38-27(44-39-28)21-9-4-17(2)12-24(21)33/h4-9,12-14H,3,10-11,15-16H2,1-2H3,(H,37,41). The molecular weight excluding hydrogens is 659 g/mol. The lowest BCUT2D eigenvalue weighted by Gasteiger charge is -2.26. The number of alkyl halides is 3. The Morgan fingerprint density at radius 1 is 1.07 bits per heavy atom. The molecule has 45 heavy (non-hydrogen) atoms. The molecule has 0 bridgehead atoms. The summed E-state index contributed by atoms with van der Waals surface area (Å²) in [6.45, 7) is 1.04. The smallest absolute Gasteiger partial charge is 0.353 e. The molecule has 1 saturated carbocycles. The fourth-order valence-electron chi connectivity index (χ4n) is 4.99. The molecule has 0 unspecified atom stereocenters. The van der Waals surface area contributed by atoms with Crippen LogP contribution >= 0.6 is 23.2 Å². The minimum absolute atomic E-state index is 0.00427. The first-order valence-electron chi connectivity index (χ1n) is 13.7. The normalized spacial score (nSPS) is 14.3. The SMILES string of the molecule is CCS(=O)(=O)c1ccc(N(CC(=O)Nc2cc(Cl)c(C3(c4noc(-c5ccc(C)cc5F)n4)CC3)c(Cl)c2)CC(F)(F)F)cc1. The molecule has 15 heteroatoms. The van der Waals surface area contributed by atoms with Crippen LogP contribution < -0.4 is 10.2 Å². The lowest BCUT2D eigenvalue weighted by Crippen LogP contribution is -2.39. The molecule has 1 aromatic heterocycles. The van der Waals surface area contributed by atoms with Gasteiger partial charge in [0, 0.05) is 27.0 Å². The maximum absolute atomic E-state index is 14.5. The molecule has 1 aliphatic carbocycles. The highest BCUT2D eigenvalue weighted by atomic mass is 35.5. The van der Waals surface area contributed by atoms with Crippen LogP contribution in [0, 0.1) is 12.7 Å². The number of benzene rings is 3. The third kappa shape index (κ3) is 7.10. The average molecular weight is 686 g/mol. The number of sulfone groups is 1. The van der Waals surface area contributed by atoms with Gasteiger partial charge in [-0.25, -0.2) is 12.8 Å². The zero-order chi connectivity index (χ0) is 32.7. The number of aryl methyl sites for hydroxylation is 1. The summed E-state index contributed by atoms with van der Waals surface area (Å²) < 4.78 is 84.2. The Labute approximate surface area is 266 Å². The molecule has 1 fully saturated rings. The van der Waals surface area contributed by atoms with Gasteiger partial charge in [-0.15, -0.1) is 0 Å². The zero-order valence-corrected chi connectivity index (χ0v) is 26.2. The maximum atomic E-state index is 14.5. The highest BCUT2D eigenvalue weighted by Gasteiger charge is 2.52. The van der Waals surface area contributed by atoms with E-state index in [1.807, 2.05) is 0 Å². The lowest BCUT2D eigenvalue weighted by atomic mass is 9.94. The van der Waals surface area contributed by atoms with Crippen LogP contribution in [0.2, 0.25) is 10.0 Å². The van der Waals surface area contributed by atoms with Crippen molar-refractivity contribution >= 4 is 50.3 Å². The predicted octanol–water partition coefficient (Wildman–Crippen LogP) is 7.37. The average Bonchev–Trinajstić information content (AvgIpc) is 3.58. The first kappa shape index (κ1) is 32.7. The number of hydrogen-bond acceptors (Lipinski definition) is 7. The second-order valence-electron chi connectivity index (χ2n) is 10.7. The summed E-state index contributed by atoms with van der Waals surface area (Å²) in [6, 6.07) is 12.3. The van der Waals surface area contributed by atoms with Crippen LogP contribution in [0.1, 0.15) is 36.7 Å². The van der Waals surface area contributed by atoms with Gasteiger partial charge in [-0.1, -0.05) is 41.3 Å². The molecule has 0 radical (unpaired) electrons. The van der Waals surface area contributed by atoms with Crippen LogP contribution in [0.4, 0.5) is 28.9 Å². The lowest BCUT2D eigenvalue weighted by molar-refractivity contribution is -0.122. The van der Waals surface area contributed by atoms with Gasteiger partial charge in [0.2, 0.25) is 5.91 Å². The van der Waals surface area contributed by atoms with Crippen molar-refractivity contribution in [2.75, 3.05) is 29.1 Å². The molecular formula is C30H26Cl2F4N4O4S. The van der Waals surface area contributed by atoms with Crippen LogP contribution in [0.25, 0.3) is 11.5 Å². The molecule has 0 aliphatic heterocycles. The molecule has 5 rings (SSSR count). The highest BCUT2D eigenvalue weighted by Crippen LogP contribution is 2.57. The third-order valence-electron chi connectivity index (χ3n) is 7.41. The molecule has 238 valence electrons. The van der Waals surface area contributed by atoms with Crippen LogP contribution in [-0.4, -0.2) is 49.5 Å². The summed E-state index contributed by atoms with van der Waals surface area (Å²) in [6.07, 6.45) is -3.52. The van der Waals surface area contributed by atoms with E-state index >= 15 is 0 Å². The van der Waals surface area contributed by atoms with Gasteiger partial charge in [-0.2, -0.15) is 18.2 Å². The van der Waals surface area contributed by atoms with Gasteiger partial charge in [0.25, 0.3) is 5.89 Å². The number of carbonyl (C=O) groups is 1. The minimum Gasteiger partial charge on any atom is -0.353 e. The molecule has 1 amide bonds. The Balaban J connectivity index is 1.35. The van der Waals surface area contributed by atoms with E-state index in [9.17, 15) is 30.8 Å². The van der Waals surface area contributed by atoms with Crippen LogP contribution in [0.15, 0.2) is 64.0 Å². The van der Waals surface area contributed by atoms with Gasteiger partial charge in [0.1, 0.15) is 12.4 Å². The third-order valence-corrected chi connectivity index (χ3v) is 9.76. The van der Waals surface area contributed by atoms with E-state index in [0.29, 0.717) is 18.4 Å². The van der Waals surface area contributed by atoms with E-state index in [4.69, 9.17) is 27.7 Å². The Morgan fingerprint density at radius 3 is 2.27 bits per heavy atom. The van der Waals surface area contributed by atoms with E-state index in [-0.39, 0.29) is 49.3 Å². The molecule has 0 saturated heterocycles. The summed E-state index contributed by atoms with van der Waals surface area (Å²) in [5, 5.41) is 6.90. The number of amides is 1. The van der Waals surface area contributed by atoms with Gasteiger partial charge in [0.15, 0.2) is 15.7 Å². The van der Waals surface area contributed by atoms with Crippen molar-refractivity contribution in [1.82, 2.24) is 10.1 Å². The molecule has 8 nitrogen and oxygen atoms in total. The van der Waals surface area contributed by atoms with Gasteiger partial charge in [-0.05, 0) is 73.9 Å². The Kier molecular flexibility index (Phi) is 8.91. The number of hydrogen-bond donors (Lipinski definition) is 1. The zero-order valence-electron chi connectivity index (χ0n) is 23.9. The molecule has 1 heterocycles. The van der Waals surface area contributed by atoms with Crippen molar-refractivity contribution in [2.24, 2.45) is 0 Å². The van der Waals surface area contributed by atoms with Crippen molar-refractivity contribution in [3.8, 4) is 11.5 Å². The molecule has 1 aliphatic rings. The summed E-state index contributed by atoms with van der Waals surface area (Å²) >= 11 is 13.2. The monoisotopic (exact) mass is 684 g/mol. The topological polar surface area (TPSA) is 105 Å². The summed E-state index contributed by atoms with van der Waals surface area (Å²) in [5.41, 5.74) is 0.687. The number of rotatable bonds is 10. The van der Waals surface area contributed by atoms with E-state index in [1.54, 1.807) is 19.1 Å². The molecule has 3 aromatic carbocycles. The first-order chi connectivity index (χ1) is 21.1. The maximum Gasteiger partial charge on any atom is 0.405 e. The molecule has 0 atom stereocenters. The second kappa shape index (κ2) is 12.3. The highest BCUT2D eigenvalue weighted by molar-refractivity contribution is 7.91. The van der Waals surface area contributed by atoms with Crippen LogP contribution in [0.5, 0.6) is 0 Å². The quantitative estimate of drug-likeness (QED) is 0.174. The van der Waals surface area contributed by atoms with Crippen LogP contribution in [-0.2, 0) is 20.0 Å². The Hall–Kier alpha value is -3.68. The van der Waals surface area contributed by atoms with E-state index in [1.165, 1.54) is 49.4 Å². The summed E-state index contributed by atoms with van der Waals surface area (Å²) in [5.74, 6) is -1.22. The number of aromatic nitrogens is 2. The van der Waals surface area contributed by atoms with Gasteiger partial charge in [-0.3, -0.25) is 4.79 Å². The molecule has 4 aromatic rings. The number of nitrogens with one attached hydrogen (secondary N) is 1. The van der Waals surface area contributed by atoms with E-state index in [0.717, 1.165) is 10.5 Å². The number of nitrogens with zero attached hydrogens (tertiary/aromatic N) is 3. The van der Waals surface area contributed by atoms with Crippen molar-refractivity contribution < 1.29 is 35.3 Å². The van der Waals surface area contributed by atoms with Gasteiger partial charge >= 0.3 is 6.18 Å².